The van der Waals surface area contributed by atoms with Crippen LogP contribution in [-0.2, 0) is 16.1 Å². The molecule has 2 aromatic rings. The third-order valence-corrected chi connectivity index (χ3v) is 3.90. The van der Waals surface area contributed by atoms with E-state index in [-0.39, 0.29) is 29.7 Å². The molecule has 1 atom stereocenters. The van der Waals surface area contributed by atoms with Gasteiger partial charge in [0.1, 0.15) is 17.3 Å². The van der Waals surface area contributed by atoms with E-state index in [2.05, 4.69) is 10.5 Å². The number of furan rings is 1. The molecule has 3 rings (SSSR count). The van der Waals surface area contributed by atoms with E-state index in [4.69, 9.17) is 4.42 Å². The highest BCUT2D eigenvalue weighted by atomic mass is 16.3. The largest absolute Gasteiger partial charge is 0.508 e. The van der Waals surface area contributed by atoms with Crippen molar-refractivity contribution < 1.29 is 24.2 Å². The minimum absolute atomic E-state index is 0.0696. The Labute approximate surface area is 143 Å². The molecule has 8 heteroatoms. The third-order valence-electron chi connectivity index (χ3n) is 3.90. The van der Waals surface area contributed by atoms with Crippen molar-refractivity contribution >= 4 is 18.0 Å². The molecule has 0 aliphatic carbocycles. The average Bonchev–Trinajstić information content (AvgIpc) is 3.20. The van der Waals surface area contributed by atoms with Crippen LogP contribution in [0.1, 0.15) is 17.7 Å². The summed E-state index contributed by atoms with van der Waals surface area (Å²) in [6.45, 7) is 0.631. The third kappa shape index (κ3) is 3.97. The summed E-state index contributed by atoms with van der Waals surface area (Å²) in [6.07, 6.45) is 2.92. The van der Waals surface area contributed by atoms with Gasteiger partial charge in [-0.3, -0.25) is 9.59 Å². The van der Waals surface area contributed by atoms with Crippen molar-refractivity contribution in [3.8, 4) is 11.5 Å². The first-order valence-electron chi connectivity index (χ1n) is 7.68. The maximum absolute atomic E-state index is 12.1. The number of phenols is 2. The van der Waals surface area contributed by atoms with Crippen molar-refractivity contribution in [1.29, 1.82) is 0 Å². The first-order chi connectivity index (χ1) is 12.0. The molecule has 130 valence electrons. The van der Waals surface area contributed by atoms with Crippen molar-refractivity contribution in [3.63, 3.8) is 0 Å². The molecule has 0 radical (unpaired) electrons. The van der Waals surface area contributed by atoms with E-state index in [9.17, 15) is 19.8 Å². The lowest BCUT2D eigenvalue weighted by Crippen LogP contribution is -2.30. The van der Waals surface area contributed by atoms with Gasteiger partial charge in [-0.25, -0.2) is 5.43 Å². The molecule has 0 spiro atoms. The summed E-state index contributed by atoms with van der Waals surface area (Å²) in [4.78, 5) is 25.7. The number of hydrogen-bond donors (Lipinski definition) is 3. The highest BCUT2D eigenvalue weighted by Crippen LogP contribution is 2.22. The Kier molecular flexibility index (Phi) is 4.69. The number of hydrazone groups is 1. The number of aromatic hydroxyl groups is 2. The molecule has 1 aromatic heterocycles. The summed E-state index contributed by atoms with van der Waals surface area (Å²) in [5.41, 5.74) is 2.72. The first-order valence-corrected chi connectivity index (χ1v) is 7.68. The monoisotopic (exact) mass is 343 g/mol. The zero-order valence-corrected chi connectivity index (χ0v) is 13.3. The molecular weight excluding hydrogens is 326 g/mol. The van der Waals surface area contributed by atoms with E-state index in [1.165, 1.54) is 30.7 Å². The maximum Gasteiger partial charge on any atom is 0.245 e. The number of benzene rings is 1. The van der Waals surface area contributed by atoms with Crippen LogP contribution in [0.5, 0.6) is 11.5 Å². The van der Waals surface area contributed by atoms with Crippen LogP contribution in [0, 0.1) is 5.92 Å². The minimum atomic E-state index is -0.493. The zero-order valence-electron chi connectivity index (χ0n) is 13.3. The Morgan fingerprint density at radius 2 is 2.24 bits per heavy atom. The van der Waals surface area contributed by atoms with Crippen molar-refractivity contribution in [2.24, 2.45) is 11.0 Å². The van der Waals surface area contributed by atoms with Gasteiger partial charge in [0.15, 0.2) is 0 Å². The molecule has 1 aromatic carbocycles. The van der Waals surface area contributed by atoms with Crippen LogP contribution in [0.3, 0.4) is 0 Å². The van der Waals surface area contributed by atoms with Crippen LogP contribution < -0.4 is 5.43 Å². The van der Waals surface area contributed by atoms with Crippen LogP contribution in [-0.4, -0.2) is 39.7 Å². The van der Waals surface area contributed by atoms with Gasteiger partial charge in [-0.2, -0.15) is 5.10 Å². The molecular formula is C17H17N3O5. The lowest BCUT2D eigenvalue weighted by molar-refractivity contribution is -0.129. The van der Waals surface area contributed by atoms with Gasteiger partial charge in [0.25, 0.3) is 0 Å². The quantitative estimate of drug-likeness (QED) is 0.557. The van der Waals surface area contributed by atoms with Gasteiger partial charge in [-0.15, -0.1) is 0 Å². The van der Waals surface area contributed by atoms with Crippen molar-refractivity contribution in [2.75, 3.05) is 6.54 Å². The summed E-state index contributed by atoms with van der Waals surface area (Å²) in [7, 11) is 0. The van der Waals surface area contributed by atoms with Crippen LogP contribution in [0.4, 0.5) is 0 Å². The molecule has 1 aliphatic heterocycles. The Balaban J connectivity index is 1.55. The Morgan fingerprint density at radius 1 is 1.40 bits per heavy atom. The molecule has 1 saturated heterocycles. The van der Waals surface area contributed by atoms with Gasteiger partial charge in [-0.05, 0) is 24.3 Å². The van der Waals surface area contributed by atoms with E-state index in [1.54, 1.807) is 17.0 Å². The number of likely N-dealkylation sites (tertiary alicyclic amines) is 1. The number of nitrogens with one attached hydrogen (secondary N) is 1. The predicted octanol–water partition coefficient (Wildman–Crippen LogP) is 1.19. The number of phenolic OH excluding ortho intramolecular Hbond substituents is 2. The molecule has 1 unspecified atom stereocenters. The molecule has 8 nitrogen and oxygen atoms in total. The molecule has 2 heterocycles. The van der Waals surface area contributed by atoms with Gasteiger partial charge in [-0.1, -0.05) is 0 Å². The zero-order chi connectivity index (χ0) is 17.8. The summed E-state index contributed by atoms with van der Waals surface area (Å²) in [5.74, 6) is -0.539. The molecule has 1 aliphatic rings. The number of hydrogen-bond acceptors (Lipinski definition) is 6. The smallest absolute Gasteiger partial charge is 0.245 e. The van der Waals surface area contributed by atoms with Gasteiger partial charge < -0.3 is 19.5 Å². The number of carbonyl (C=O) groups excluding carboxylic acids is 2. The van der Waals surface area contributed by atoms with Crippen molar-refractivity contribution in [2.45, 2.75) is 13.0 Å². The van der Waals surface area contributed by atoms with Gasteiger partial charge in [0.05, 0.1) is 24.9 Å². The average molecular weight is 343 g/mol. The minimum Gasteiger partial charge on any atom is -0.508 e. The molecule has 0 bridgehead atoms. The molecule has 3 N–H and O–H groups in total. The maximum atomic E-state index is 12.1. The van der Waals surface area contributed by atoms with Gasteiger partial charge in [0, 0.05) is 24.6 Å². The molecule has 25 heavy (non-hydrogen) atoms. The van der Waals surface area contributed by atoms with E-state index in [1.807, 2.05) is 0 Å². The van der Waals surface area contributed by atoms with Crippen LogP contribution in [0.25, 0.3) is 0 Å². The van der Waals surface area contributed by atoms with E-state index >= 15 is 0 Å². The molecule has 1 fully saturated rings. The lowest BCUT2D eigenvalue weighted by atomic mass is 10.1. The first kappa shape index (κ1) is 16.6. The van der Waals surface area contributed by atoms with Crippen molar-refractivity contribution in [3.05, 3.63) is 47.9 Å². The van der Waals surface area contributed by atoms with E-state index in [0.717, 1.165) is 0 Å². The van der Waals surface area contributed by atoms with Gasteiger partial charge in [0.2, 0.25) is 11.8 Å². The number of amides is 2. The van der Waals surface area contributed by atoms with Crippen LogP contribution >= 0.6 is 0 Å². The number of carbonyl (C=O) groups is 2. The van der Waals surface area contributed by atoms with E-state index < -0.39 is 5.92 Å². The van der Waals surface area contributed by atoms with E-state index in [0.29, 0.717) is 24.4 Å². The predicted molar refractivity (Wildman–Crippen MR) is 87.7 cm³/mol. The van der Waals surface area contributed by atoms with Gasteiger partial charge >= 0.3 is 0 Å². The topological polar surface area (TPSA) is 115 Å². The van der Waals surface area contributed by atoms with Crippen molar-refractivity contribution in [1.82, 2.24) is 10.3 Å². The highest BCUT2D eigenvalue weighted by molar-refractivity contribution is 5.90. The second-order valence-corrected chi connectivity index (χ2v) is 5.73. The molecule has 0 saturated carbocycles. The lowest BCUT2D eigenvalue weighted by Gasteiger charge is -2.14. The summed E-state index contributed by atoms with van der Waals surface area (Å²) < 4.78 is 5.21. The normalized spacial score (nSPS) is 17.4. The highest BCUT2D eigenvalue weighted by Gasteiger charge is 2.34. The number of nitrogens with zero attached hydrogens (tertiary/aromatic N) is 2. The fraction of sp³-hybridized carbons (Fsp3) is 0.235. The standard InChI is InChI=1S/C17H17N3O5/c21-13-4-3-11(15(22)7-13)8-18-19-17(24)12-6-16(23)20(9-12)10-14-2-1-5-25-14/h1-5,7-8,12,21-22H,6,9-10H2,(H,19,24)/b18-8+. The summed E-state index contributed by atoms with van der Waals surface area (Å²) in [6, 6.07) is 7.55. The SMILES string of the molecule is O=C(N/N=C/c1ccc(O)cc1O)C1CC(=O)N(Cc2ccco2)C1. The van der Waals surface area contributed by atoms with Crippen LogP contribution in [0.2, 0.25) is 0 Å². The second kappa shape index (κ2) is 7.08. The Hall–Kier alpha value is -3.29. The Morgan fingerprint density at radius 3 is 2.96 bits per heavy atom. The van der Waals surface area contributed by atoms with Crippen LogP contribution in [0.15, 0.2) is 46.1 Å². The Bertz CT molecular complexity index is 801. The molecule has 2 amide bonds. The fourth-order valence-electron chi connectivity index (χ4n) is 2.59. The number of rotatable bonds is 5. The second-order valence-electron chi connectivity index (χ2n) is 5.73. The fourth-order valence-corrected chi connectivity index (χ4v) is 2.59. The summed E-state index contributed by atoms with van der Waals surface area (Å²) in [5, 5.41) is 22.6. The summed E-state index contributed by atoms with van der Waals surface area (Å²) >= 11 is 0.